The van der Waals surface area contributed by atoms with Crippen LogP contribution in [0.1, 0.15) is 23.2 Å². The lowest BCUT2D eigenvalue weighted by atomic mass is 9.80. The van der Waals surface area contributed by atoms with Crippen LogP contribution in [0.15, 0.2) is 12.1 Å². The quantitative estimate of drug-likeness (QED) is 0.822. The maximum atomic E-state index is 12.2. The van der Waals surface area contributed by atoms with Gasteiger partial charge in [0, 0.05) is 11.6 Å². The van der Waals surface area contributed by atoms with E-state index in [0.717, 1.165) is 0 Å². The van der Waals surface area contributed by atoms with E-state index in [2.05, 4.69) is 5.32 Å². The lowest BCUT2D eigenvalue weighted by molar-refractivity contribution is -0.145. The Balaban J connectivity index is 2.11. The molecule has 0 bridgehead atoms. The van der Waals surface area contributed by atoms with Crippen molar-refractivity contribution in [1.82, 2.24) is 5.32 Å². The van der Waals surface area contributed by atoms with Crippen LogP contribution in [-0.4, -0.2) is 44.4 Å². The fraction of sp³-hybridized carbons (Fsp3) is 0.467. The molecule has 0 heterocycles. The van der Waals surface area contributed by atoms with Gasteiger partial charge in [-0.25, -0.2) is 0 Å². The van der Waals surface area contributed by atoms with Crippen molar-refractivity contribution in [2.75, 3.05) is 21.3 Å². The van der Waals surface area contributed by atoms with E-state index < -0.39 is 5.97 Å². The zero-order chi connectivity index (χ0) is 16.3. The van der Waals surface area contributed by atoms with E-state index in [4.69, 9.17) is 19.3 Å². The molecule has 2 N–H and O–H groups in total. The number of rotatable bonds is 6. The van der Waals surface area contributed by atoms with Gasteiger partial charge in [-0.1, -0.05) is 0 Å². The van der Waals surface area contributed by atoms with Crippen molar-refractivity contribution in [3.05, 3.63) is 17.7 Å². The lowest BCUT2D eigenvalue weighted by Gasteiger charge is -2.32. The third-order valence-corrected chi connectivity index (χ3v) is 3.75. The number of ether oxygens (including phenoxy) is 3. The Morgan fingerprint density at radius 3 is 2.05 bits per heavy atom. The van der Waals surface area contributed by atoms with Gasteiger partial charge in [0.25, 0.3) is 5.91 Å². The van der Waals surface area contributed by atoms with Gasteiger partial charge in [0.1, 0.15) is 0 Å². The first-order valence-corrected chi connectivity index (χ1v) is 6.83. The highest BCUT2D eigenvalue weighted by atomic mass is 16.5. The molecular weight excluding hydrogens is 290 g/mol. The van der Waals surface area contributed by atoms with Gasteiger partial charge >= 0.3 is 5.97 Å². The second kappa shape index (κ2) is 6.55. The molecule has 1 aromatic rings. The standard InChI is InChI=1S/C15H19NO6/c1-20-11-6-8(7-12(21-2)13(11)22-3)14(17)16-10-4-9(5-10)15(18)19/h6-7,9-10H,4-5H2,1-3H3,(H,16,17)(H,18,19). The van der Waals surface area contributed by atoms with Crippen LogP contribution in [0.3, 0.4) is 0 Å². The van der Waals surface area contributed by atoms with Gasteiger partial charge in [-0.15, -0.1) is 0 Å². The molecule has 22 heavy (non-hydrogen) atoms. The summed E-state index contributed by atoms with van der Waals surface area (Å²) in [6, 6.07) is 3.00. The Labute approximate surface area is 128 Å². The molecule has 0 atom stereocenters. The summed E-state index contributed by atoms with van der Waals surface area (Å²) >= 11 is 0. The van der Waals surface area contributed by atoms with Crippen molar-refractivity contribution in [3.63, 3.8) is 0 Å². The van der Waals surface area contributed by atoms with E-state index in [1.807, 2.05) is 0 Å². The summed E-state index contributed by atoms with van der Waals surface area (Å²) in [6.07, 6.45) is 0.900. The molecule has 1 saturated carbocycles. The lowest BCUT2D eigenvalue weighted by Crippen LogP contribution is -2.46. The van der Waals surface area contributed by atoms with Crippen molar-refractivity contribution >= 4 is 11.9 Å². The average Bonchev–Trinajstić information content (AvgIpc) is 2.47. The van der Waals surface area contributed by atoms with Crippen LogP contribution in [0.25, 0.3) is 0 Å². The van der Waals surface area contributed by atoms with Crippen LogP contribution in [0.5, 0.6) is 17.2 Å². The molecule has 1 aromatic carbocycles. The fourth-order valence-corrected chi connectivity index (χ4v) is 2.42. The minimum atomic E-state index is -0.821. The average molecular weight is 309 g/mol. The third kappa shape index (κ3) is 3.08. The predicted octanol–water partition coefficient (Wildman–Crippen LogP) is 1.31. The molecule has 0 aromatic heterocycles. The number of amides is 1. The number of aliphatic carboxylic acids is 1. The number of benzene rings is 1. The summed E-state index contributed by atoms with van der Waals surface area (Å²) in [5, 5.41) is 11.6. The van der Waals surface area contributed by atoms with Gasteiger partial charge in [0.2, 0.25) is 5.75 Å². The molecule has 2 rings (SSSR count). The molecule has 1 fully saturated rings. The molecule has 7 nitrogen and oxygen atoms in total. The van der Waals surface area contributed by atoms with Crippen LogP contribution in [0, 0.1) is 5.92 Å². The smallest absolute Gasteiger partial charge is 0.306 e. The summed E-state index contributed by atoms with van der Waals surface area (Å²) in [5.74, 6) is -0.291. The molecule has 120 valence electrons. The van der Waals surface area contributed by atoms with E-state index >= 15 is 0 Å². The topological polar surface area (TPSA) is 94.1 Å². The number of carboxylic acids is 1. The van der Waals surface area contributed by atoms with E-state index in [0.29, 0.717) is 35.7 Å². The highest BCUT2D eigenvalue weighted by Crippen LogP contribution is 2.38. The van der Waals surface area contributed by atoms with Crippen LogP contribution < -0.4 is 19.5 Å². The molecular formula is C15H19NO6. The third-order valence-electron chi connectivity index (χ3n) is 3.75. The zero-order valence-corrected chi connectivity index (χ0v) is 12.7. The first-order chi connectivity index (χ1) is 10.5. The Hall–Kier alpha value is -2.44. The minimum absolute atomic E-state index is 0.118. The normalized spacial score (nSPS) is 19.8. The van der Waals surface area contributed by atoms with E-state index in [1.54, 1.807) is 12.1 Å². The number of hydrogen-bond donors (Lipinski definition) is 2. The molecule has 0 unspecified atom stereocenters. The predicted molar refractivity (Wildman–Crippen MR) is 77.7 cm³/mol. The van der Waals surface area contributed by atoms with Crippen LogP contribution in [-0.2, 0) is 4.79 Å². The van der Waals surface area contributed by atoms with Crippen molar-refractivity contribution in [1.29, 1.82) is 0 Å². The van der Waals surface area contributed by atoms with Gasteiger partial charge < -0.3 is 24.6 Å². The minimum Gasteiger partial charge on any atom is -0.493 e. The fourth-order valence-electron chi connectivity index (χ4n) is 2.42. The summed E-state index contributed by atoms with van der Waals surface area (Å²) in [6.45, 7) is 0. The molecule has 0 spiro atoms. The first-order valence-electron chi connectivity index (χ1n) is 6.83. The highest BCUT2D eigenvalue weighted by Gasteiger charge is 2.35. The number of nitrogens with one attached hydrogen (secondary N) is 1. The number of carbonyl (C=O) groups is 2. The number of carbonyl (C=O) groups excluding carboxylic acids is 1. The molecule has 7 heteroatoms. The number of carboxylic acid groups (broad SMARTS) is 1. The second-order valence-corrected chi connectivity index (χ2v) is 5.09. The Bertz CT molecular complexity index is 554. The van der Waals surface area contributed by atoms with Crippen LogP contribution >= 0.6 is 0 Å². The Kier molecular flexibility index (Phi) is 4.75. The maximum absolute atomic E-state index is 12.2. The van der Waals surface area contributed by atoms with Gasteiger partial charge in [0.05, 0.1) is 27.2 Å². The SMILES string of the molecule is COc1cc(C(=O)NC2CC(C(=O)O)C2)cc(OC)c1OC. The second-order valence-electron chi connectivity index (χ2n) is 5.09. The van der Waals surface area contributed by atoms with Crippen LogP contribution in [0.2, 0.25) is 0 Å². The summed E-state index contributed by atoms with van der Waals surface area (Å²) < 4.78 is 15.6. The number of methoxy groups -OCH3 is 3. The first kappa shape index (κ1) is 15.9. The summed E-state index contributed by atoms with van der Waals surface area (Å²) in [7, 11) is 4.44. The molecule has 0 radical (unpaired) electrons. The summed E-state index contributed by atoms with van der Waals surface area (Å²) in [4.78, 5) is 23.0. The zero-order valence-electron chi connectivity index (χ0n) is 12.7. The Morgan fingerprint density at radius 2 is 1.64 bits per heavy atom. The molecule has 1 aliphatic rings. The van der Waals surface area contributed by atoms with Crippen molar-refractivity contribution in [3.8, 4) is 17.2 Å². The number of hydrogen-bond acceptors (Lipinski definition) is 5. The van der Waals surface area contributed by atoms with E-state index in [9.17, 15) is 9.59 Å². The molecule has 0 aliphatic heterocycles. The highest BCUT2D eigenvalue weighted by molar-refractivity contribution is 5.96. The van der Waals surface area contributed by atoms with Gasteiger partial charge in [0.15, 0.2) is 11.5 Å². The molecule has 1 aliphatic carbocycles. The van der Waals surface area contributed by atoms with Gasteiger partial charge in [-0.2, -0.15) is 0 Å². The molecule has 0 saturated heterocycles. The monoisotopic (exact) mass is 309 g/mol. The van der Waals surface area contributed by atoms with E-state index in [1.165, 1.54) is 21.3 Å². The van der Waals surface area contributed by atoms with Crippen molar-refractivity contribution in [2.45, 2.75) is 18.9 Å². The van der Waals surface area contributed by atoms with Gasteiger partial charge in [-0.3, -0.25) is 9.59 Å². The Morgan fingerprint density at radius 1 is 1.09 bits per heavy atom. The maximum Gasteiger partial charge on any atom is 0.306 e. The summed E-state index contributed by atoms with van der Waals surface area (Å²) in [5.41, 5.74) is 0.369. The van der Waals surface area contributed by atoms with E-state index in [-0.39, 0.29) is 17.9 Å². The molecule has 1 amide bonds. The van der Waals surface area contributed by atoms with Crippen molar-refractivity contribution < 1.29 is 28.9 Å². The van der Waals surface area contributed by atoms with Gasteiger partial charge in [-0.05, 0) is 25.0 Å². The van der Waals surface area contributed by atoms with Crippen molar-refractivity contribution in [2.24, 2.45) is 5.92 Å². The largest absolute Gasteiger partial charge is 0.493 e. The van der Waals surface area contributed by atoms with Crippen LogP contribution in [0.4, 0.5) is 0 Å².